The van der Waals surface area contributed by atoms with Crippen LogP contribution in [-0.2, 0) is 22.7 Å². The topological polar surface area (TPSA) is 50.4 Å². The highest BCUT2D eigenvalue weighted by Gasteiger charge is 2.34. The highest BCUT2D eigenvalue weighted by molar-refractivity contribution is 5.76. The second kappa shape index (κ2) is 8.39. The normalized spacial score (nSPS) is 25.3. The van der Waals surface area contributed by atoms with Crippen LogP contribution in [0.1, 0.15) is 43.2 Å². The molecule has 1 aromatic rings. The maximum atomic E-state index is 12.2. The average Bonchev–Trinajstić information content (AvgIpc) is 2.91. The number of carbonyl (C=O) groups is 1. The van der Waals surface area contributed by atoms with E-state index in [2.05, 4.69) is 15.4 Å². The number of ether oxygens (including phenoxy) is 1. The van der Waals surface area contributed by atoms with Crippen LogP contribution in [0, 0.1) is 5.92 Å². The molecule has 2 fully saturated rings. The second-order valence-corrected chi connectivity index (χ2v) is 7.38. The van der Waals surface area contributed by atoms with Gasteiger partial charge in [-0.05, 0) is 42.7 Å². The van der Waals surface area contributed by atoms with E-state index in [-0.39, 0.29) is 12.5 Å². The van der Waals surface area contributed by atoms with Crippen molar-refractivity contribution in [2.24, 2.45) is 5.92 Å². The van der Waals surface area contributed by atoms with Gasteiger partial charge < -0.3 is 15.4 Å². The third kappa shape index (κ3) is 5.99. The van der Waals surface area contributed by atoms with E-state index in [4.69, 9.17) is 0 Å². The van der Waals surface area contributed by atoms with Crippen molar-refractivity contribution in [2.45, 2.75) is 63.5 Å². The molecule has 3 rings (SSSR count). The van der Waals surface area contributed by atoms with Gasteiger partial charge >= 0.3 is 6.18 Å². The molecule has 2 saturated heterocycles. The first-order valence-corrected chi connectivity index (χ1v) is 9.12. The lowest BCUT2D eigenvalue weighted by Crippen LogP contribution is -2.39. The molecule has 2 unspecified atom stereocenters. The van der Waals surface area contributed by atoms with Crippen LogP contribution < -0.4 is 10.6 Å². The maximum absolute atomic E-state index is 12.2. The average molecular weight is 370 g/mol. The van der Waals surface area contributed by atoms with Crippen LogP contribution in [-0.4, -0.2) is 30.8 Å². The summed E-state index contributed by atoms with van der Waals surface area (Å²) >= 11 is 0. The molecule has 2 heterocycles. The zero-order chi connectivity index (χ0) is 18.6. The van der Waals surface area contributed by atoms with Crippen molar-refractivity contribution in [2.75, 3.05) is 6.61 Å². The summed E-state index contributed by atoms with van der Waals surface area (Å²) in [4.78, 5) is 12.2. The van der Waals surface area contributed by atoms with Crippen molar-refractivity contribution in [1.29, 1.82) is 0 Å². The van der Waals surface area contributed by atoms with Gasteiger partial charge in [0, 0.05) is 25.0 Å². The fraction of sp³-hybridized carbons (Fsp3) is 0.632. The summed E-state index contributed by atoms with van der Waals surface area (Å²) in [5.41, 5.74) is 1.60. The quantitative estimate of drug-likeness (QED) is 0.774. The molecule has 2 aliphatic heterocycles. The van der Waals surface area contributed by atoms with Crippen molar-refractivity contribution in [3.05, 3.63) is 35.4 Å². The first kappa shape index (κ1) is 19.2. The molecule has 144 valence electrons. The molecule has 2 atom stereocenters. The number of carbonyl (C=O) groups excluding carboxylic acids is 1. The lowest BCUT2D eigenvalue weighted by Gasteiger charge is -2.28. The molecular formula is C19H25F3N2O2. The number of amides is 1. The smallest absolute Gasteiger partial charge is 0.367 e. The second-order valence-electron chi connectivity index (χ2n) is 7.38. The number of alkyl halides is 3. The molecule has 2 aliphatic rings. The number of rotatable bonds is 7. The minimum Gasteiger partial charge on any atom is -0.367 e. The third-order valence-corrected chi connectivity index (χ3v) is 5.09. The van der Waals surface area contributed by atoms with Crippen LogP contribution in [0.25, 0.3) is 0 Å². The first-order valence-electron chi connectivity index (χ1n) is 9.12. The Labute approximate surface area is 151 Å². The molecule has 2 N–H and O–H groups in total. The third-order valence-electron chi connectivity index (χ3n) is 5.09. The van der Waals surface area contributed by atoms with E-state index in [0.717, 1.165) is 18.4 Å². The first-order chi connectivity index (χ1) is 12.4. The maximum Gasteiger partial charge on any atom is 0.411 e. The standard InChI is InChI=1S/C19H25F3N2O2/c20-19(21,22)12-26-11-14-3-1-13(2-4-14)10-23-18(25)9-15-7-16-5-6-17(8-15)24-16/h1-4,15-17,24H,5-12H2,(H,23,25). The van der Waals surface area contributed by atoms with E-state index in [1.165, 1.54) is 12.8 Å². The highest BCUT2D eigenvalue weighted by atomic mass is 19.4. The predicted molar refractivity (Wildman–Crippen MR) is 91.3 cm³/mol. The van der Waals surface area contributed by atoms with Gasteiger partial charge in [0.05, 0.1) is 6.61 Å². The Bertz CT molecular complexity index is 592. The summed E-state index contributed by atoms with van der Waals surface area (Å²) < 4.78 is 40.8. The minimum absolute atomic E-state index is 0.0638. The fourth-order valence-electron chi connectivity index (χ4n) is 3.91. The number of halogens is 3. The number of nitrogens with one attached hydrogen (secondary N) is 2. The molecule has 26 heavy (non-hydrogen) atoms. The van der Waals surface area contributed by atoms with Gasteiger partial charge in [-0.25, -0.2) is 0 Å². The Morgan fingerprint density at radius 3 is 2.35 bits per heavy atom. The molecule has 0 aliphatic carbocycles. The Balaban J connectivity index is 1.37. The fourth-order valence-corrected chi connectivity index (χ4v) is 3.91. The van der Waals surface area contributed by atoms with E-state index < -0.39 is 12.8 Å². The number of fused-ring (bicyclic) bond motifs is 2. The van der Waals surface area contributed by atoms with E-state index >= 15 is 0 Å². The molecule has 0 spiro atoms. The summed E-state index contributed by atoms with van der Waals surface area (Å²) in [5.74, 6) is 0.524. The summed E-state index contributed by atoms with van der Waals surface area (Å²) in [6.45, 7) is -0.895. The van der Waals surface area contributed by atoms with Crippen molar-refractivity contribution in [3.63, 3.8) is 0 Å². The van der Waals surface area contributed by atoms with Crippen LogP contribution in [0.2, 0.25) is 0 Å². The Morgan fingerprint density at radius 2 is 1.73 bits per heavy atom. The van der Waals surface area contributed by atoms with Crippen LogP contribution in [0.15, 0.2) is 24.3 Å². The van der Waals surface area contributed by atoms with Gasteiger partial charge in [0.25, 0.3) is 0 Å². The molecule has 0 saturated carbocycles. The Kier molecular flexibility index (Phi) is 6.19. The molecule has 7 heteroatoms. The summed E-state index contributed by atoms with van der Waals surface area (Å²) in [7, 11) is 0. The van der Waals surface area contributed by atoms with Crippen LogP contribution in [0.3, 0.4) is 0 Å². The minimum atomic E-state index is -4.31. The van der Waals surface area contributed by atoms with Crippen molar-refractivity contribution in [3.8, 4) is 0 Å². The van der Waals surface area contributed by atoms with Crippen molar-refractivity contribution < 1.29 is 22.7 Å². The van der Waals surface area contributed by atoms with Gasteiger partial charge in [0.2, 0.25) is 5.91 Å². The number of hydrogen-bond acceptors (Lipinski definition) is 3. The summed E-state index contributed by atoms with van der Waals surface area (Å²) in [6.07, 6.45) is 0.868. The molecule has 0 radical (unpaired) electrons. The number of hydrogen-bond donors (Lipinski definition) is 2. The lowest BCUT2D eigenvalue weighted by molar-refractivity contribution is -0.176. The number of benzene rings is 1. The van der Waals surface area contributed by atoms with Crippen molar-refractivity contribution >= 4 is 5.91 Å². The molecular weight excluding hydrogens is 345 g/mol. The zero-order valence-corrected chi connectivity index (χ0v) is 14.6. The Morgan fingerprint density at radius 1 is 1.12 bits per heavy atom. The van der Waals surface area contributed by atoms with Crippen molar-refractivity contribution in [1.82, 2.24) is 10.6 Å². The summed E-state index contributed by atoms with van der Waals surface area (Å²) in [5, 5.41) is 6.51. The molecule has 1 aromatic carbocycles. The lowest BCUT2D eigenvalue weighted by atomic mass is 9.89. The van der Waals surface area contributed by atoms with E-state index in [1.807, 2.05) is 0 Å². The predicted octanol–water partition coefficient (Wildman–Crippen LogP) is 3.30. The molecule has 0 aromatic heterocycles. The van der Waals surface area contributed by atoms with E-state index in [1.54, 1.807) is 24.3 Å². The van der Waals surface area contributed by atoms with Gasteiger partial charge in [-0.3, -0.25) is 4.79 Å². The van der Waals surface area contributed by atoms with Gasteiger partial charge in [-0.15, -0.1) is 0 Å². The monoisotopic (exact) mass is 370 g/mol. The van der Waals surface area contributed by atoms with Crippen LogP contribution in [0.4, 0.5) is 13.2 Å². The van der Waals surface area contributed by atoms with Crippen LogP contribution in [0.5, 0.6) is 0 Å². The highest BCUT2D eigenvalue weighted by Crippen LogP contribution is 2.32. The Hall–Kier alpha value is -1.60. The van der Waals surface area contributed by atoms with Crippen LogP contribution >= 0.6 is 0 Å². The van der Waals surface area contributed by atoms with Gasteiger partial charge in [-0.1, -0.05) is 24.3 Å². The van der Waals surface area contributed by atoms with E-state index in [0.29, 0.717) is 36.5 Å². The number of piperidine rings is 1. The zero-order valence-electron chi connectivity index (χ0n) is 14.6. The molecule has 2 bridgehead atoms. The summed E-state index contributed by atoms with van der Waals surface area (Å²) in [6, 6.07) is 8.22. The van der Waals surface area contributed by atoms with Gasteiger partial charge in [-0.2, -0.15) is 13.2 Å². The largest absolute Gasteiger partial charge is 0.411 e. The SMILES string of the molecule is O=C(CC1CC2CCC(C1)N2)NCc1ccc(COCC(F)(F)F)cc1. The van der Waals surface area contributed by atoms with Gasteiger partial charge in [0.1, 0.15) is 6.61 Å². The molecule has 1 amide bonds. The van der Waals surface area contributed by atoms with Gasteiger partial charge in [0.15, 0.2) is 0 Å². The molecule has 4 nitrogen and oxygen atoms in total. The van der Waals surface area contributed by atoms with E-state index in [9.17, 15) is 18.0 Å².